The maximum atomic E-state index is 3.95. The van der Waals surface area contributed by atoms with Gasteiger partial charge < -0.3 is 0 Å². The van der Waals surface area contributed by atoms with Crippen molar-refractivity contribution in [1.82, 2.24) is 0 Å². The molecule has 30 heavy (non-hydrogen) atoms. The third kappa shape index (κ3) is 6.12. The summed E-state index contributed by atoms with van der Waals surface area (Å²) < 4.78 is 1.12. The van der Waals surface area contributed by atoms with Crippen LogP contribution >= 0.6 is 27.3 Å². The Balaban J connectivity index is 2.48. The normalized spacial score (nSPS) is 12.0. The van der Waals surface area contributed by atoms with Crippen molar-refractivity contribution in [1.29, 1.82) is 0 Å². The second-order valence-electron chi connectivity index (χ2n) is 9.42. The third-order valence-electron chi connectivity index (χ3n) is 6.47. The first-order valence-corrected chi connectivity index (χ1v) is 15.5. The van der Waals surface area contributed by atoms with Gasteiger partial charge in [-0.3, -0.25) is 0 Å². The maximum Gasteiger partial charge on any atom is 0.146 e. The van der Waals surface area contributed by atoms with Gasteiger partial charge in [-0.25, -0.2) is 0 Å². The van der Waals surface area contributed by atoms with E-state index in [2.05, 4.69) is 106 Å². The van der Waals surface area contributed by atoms with Gasteiger partial charge in [0.25, 0.3) is 0 Å². The smallest absolute Gasteiger partial charge is 0.131 e. The maximum absolute atomic E-state index is 3.95. The summed E-state index contributed by atoms with van der Waals surface area (Å²) in [4.78, 5) is 2.75. The topological polar surface area (TPSA) is 0 Å². The molecular formula is C27H39BrSSi. The monoisotopic (exact) mass is 502 g/mol. The molecular weight excluding hydrogens is 464 g/mol. The summed E-state index contributed by atoms with van der Waals surface area (Å²) in [7, 11) is -1.73. The Morgan fingerprint density at radius 2 is 1.50 bits per heavy atom. The highest BCUT2D eigenvalue weighted by molar-refractivity contribution is 9.10. The number of hydrogen-bond acceptors (Lipinski definition) is 1. The lowest BCUT2D eigenvalue weighted by atomic mass is 10.1. The van der Waals surface area contributed by atoms with Crippen LogP contribution in [0.1, 0.15) is 83.9 Å². The number of unbranched alkanes of at least 4 members (excludes halogenated alkanes) is 3. The van der Waals surface area contributed by atoms with E-state index in [1.54, 1.807) is 0 Å². The van der Waals surface area contributed by atoms with E-state index >= 15 is 0 Å². The van der Waals surface area contributed by atoms with Gasteiger partial charge in [0.1, 0.15) is 8.07 Å². The predicted molar refractivity (Wildman–Crippen MR) is 143 cm³/mol. The summed E-state index contributed by atoms with van der Waals surface area (Å²) in [6.07, 6.45) is 6.41. The molecule has 0 spiro atoms. The molecule has 2 aromatic rings. The van der Waals surface area contributed by atoms with E-state index in [1.807, 2.05) is 11.3 Å². The van der Waals surface area contributed by atoms with Crippen LogP contribution in [0.2, 0.25) is 16.6 Å². The van der Waals surface area contributed by atoms with Gasteiger partial charge in [-0.05, 0) is 53.2 Å². The third-order valence-corrected chi connectivity index (χ3v) is 14.4. The highest BCUT2D eigenvalue weighted by Gasteiger charge is 2.41. The Bertz CT molecular complexity index is 827. The second kappa shape index (κ2) is 11.7. The minimum absolute atomic E-state index is 0.662. The number of hydrogen-bond donors (Lipinski definition) is 0. The van der Waals surface area contributed by atoms with Crippen molar-refractivity contribution >= 4 is 35.3 Å². The van der Waals surface area contributed by atoms with Gasteiger partial charge in [0.05, 0.1) is 4.88 Å². The van der Waals surface area contributed by atoms with E-state index < -0.39 is 8.07 Å². The first-order chi connectivity index (χ1) is 14.2. The molecule has 164 valence electrons. The summed E-state index contributed by atoms with van der Waals surface area (Å²) in [5.41, 5.74) is 8.54. The molecule has 2 rings (SSSR count). The molecule has 0 nitrogen and oxygen atoms in total. The standard InChI is InChI=1S/C27H39BrSSi/c1-8-9-10-11-12-25-19-26(23-13-15-24(28)16-14-23)27(29-25)17-18-30(20(2)3,21(4)5)22(6)7/h13-16,19-22H,8-12H2,1-7H3. The minimum atomic E-state index is -1.73. The van der Waals surface area contributed by atoms with Crippen LogP contribution in [0.15, 0.2) is 34.8 Å². The molecule has 0 unspecified atom stereocenters. The van der Waals surface area contributed by atoms with Crippen LogP contribution in [0.5, 0.6) is 0 Å². The van der Waals surface area contributed by atoms with Crippen molar-refractivity contribution in [3.63, 3.8) is 0 Å². The van der Waals surface area contributed by atoms with Gasteiger partial charge >= 0.3 is 0 Å². The van der Waals surface area contributed by atoms with Crippen LogP contribution in [-0.4, -0.2) is 8.07 Å². The van der Waals surface area contributed by atoms with Gasteiger partial charge in [-0.1, -0.05) is 102 Å². The molecule has 0 atom stereocenters. The Morgan fingerprint density at radius 1 is 0.900 bits per heavy atom. The van der Waals surface area contributed by atoms with Crippen molar-refractivity contribution in [3.8, 4) is 22.6 Å². The Labute approximate surface area is 199 Å². The molecule has 1 aromatic heterocycles. The van der Waals surface area contributed by atoms with Gasteiger partial charge in [0, 0.05) is 14.9 Å². The first kappa shape index (κ1) is 25.4. The lowest BCUT2D eigenvalue weighted by Gasteiger charge is -2.38. The summed E-state index contributed by atoms with van der Waals surface area (Å²) in [6.45, 7) is 16.6. The van der Waals surface area contributed by atoms with Crippen LogP contribution < -0.4 is 0 Å². The molecule has 0 saturated carbocycles. The molecule has 0 bridgehead atoms. The van der Waals surface area contributed by atoms with Crippen molar-refractivity contribution in [2.45, 2.75) is 97.2 Å². The second-order valence-corrected chi connectivity index (χ2v) is 17.1. The first-order valence-electron chi connectivity index (χ1n) is 11.6. The Morgan fingerprint density at radius 3 is 2.03 bits per heavy atom. The molecule has 0 saturated heterocycles. The number of aryl methyl sites for hydroxylation is 1. The van der Waals surface area contributed by atoms with Crippen LogP contribution in [-0.2, 0) is 6.42 Å². The van der Waals surface area contributed by atoms with Gasteiger partial charge in [0.2, 0.25) is 0 Å². The van der Waals surface area contributed by atoms with Crippen LogP contribution in [0.3, 0.4) is 0 Å². The van der Waals surface area contributed by atoms with Gasteiger partial charge in [0.15, 0.2) is 0 Å². The number of rotatable bonds is 9. The molecule has 0 amide bonds. The molecule has 1 aromatic carbocycles. The van der Waals surface area contributed by atoms with Crippen molar-refractivity contribution in [2.75, 3.05) is 0 Å². The highest BCUT2D eigenvalue weighted by Crippen LogP contribution is 2.41. The van der Waals surface area contributed by atoms with Crippen LogP contribution in [0.4, 0.5) is 0 Å². The lowest BCUT2D eigenvalue weighted by Crippen LogP contribution is -2.43. The highest BCUT2D eigenvalue weighted by atomic mass is 79.9. The van der Waals surface area contributed by atoms with E-state index in [4.69, 9.17) is 0 Å². The Kier molecular flexibility index (Phi) is 9.92. The fourth-order valence-corrected chi connectivity index (χ4v) is 11.5. The van der Waals surface area contributed by atoms with E-state index in [0.29, 0.717) is 16.6 Å². The van der Waals surface area contributed by atoms with Gasteiger partial charge in [-0.15, -0.1) is 16.9 Å². The molecule has 0 aliphatic rings. The molecule has 0 aliphatic carbocycles. The van der Waals surface area contributed by atoms with Crippen molar-refractivity contribution < 1.29 is 0 Å². The number of halogens is 1. The molecule has 0 aliphatic heterocycles. The van der Waals surface area contributed by atoms with Gasteiger partial charge in [-0.2, -0.15) is 0 Å². The van der Waals surface area contributed by atoms with E-state index in [9.17, 15) is 0 Å². The zero-order valence-corrected chi connectivity index (χ0v) is 23.3. The zero-order valence-electron chi connectivity index (χ0n) is 19.9. The average molecular weight is 504 g/mol. The molecule has 0 fully saturated rings. The largest absolute Gasteiger partial charge is 0.146 e. The van der Waals surface area contributed by atoms with E-state index in [-0.39, 0.29) is 0 Å². The van der Waals surface area contributed by atoms with E-state index in [0.717, 1.165) is 4.47 Å². The number of benzene rings is 1. The minimum Gasteiger partial charge on any atom is -0.131 e. The SMILES string of the molecule is CCCCCCc1cc(-c2ccc(Br)cc2)c(C#C[Si](C(C)C)(C(C)C)C(C)C)s1. The lowest BCUT2D eigenvalue weighted by molar-refractivity contribution is 0.670. The van der Waals surface area contributed by atoms with E-state index in [1.165, 1.54) is 53.0 Å². The average Bonchev–Trinajstić information content (AvgIpc) is 3.08. The summed E-state index contributed by atoms with van der Waals surface area (Å²) in [5.74, 6) is 3.75. The number of thiophene rings is 1. The quantitative estimate of drug-likeness (QED) is 0.181. The molecule has 0 radical (unpaired) electrons. The molecule has 0 N–H and O–H groups in total. The zero-order chi connectivity index (χ0) is 22.3. The van der Waals surface area contributed by atoms with Crippen LogP contribution in [0, 0.1) is 11.5 Å². The van der Waals surface area contributed by atoms with Crippen molar-refractivity contribution in [2.24, 2.45) is 0 Å². The summed E-state index contributed by atoms with van der Waals surface area (Å²) in [5, 5.41) is 0. The molecule has 3 heteroatoms. The van der Waals surface area contributed by atoms with Crippen molar-refractivity contribution in [3.05, 3.63) is 44.6 Å². The summed E-state index contributed by atoms with van der Waals surface area (Å²) >= 11 is 5.50. The molecule has 1 heterocycles. The van der Waals surface area contributed by atoms with Crippen LogP contribution in [0.25, 0.3) is 11.1 Å². The fourth-order valence-electron chi connectivity index (χ4n) is 4.83. The Hall–Kier alpha value is -0.823. The fraction of sp³-hybridized carbons (Fsp3) is 0.556. The summed E-state index contributed by atoms with van der Waals surface area (Å²) in [6, 6.07) is 11.1. The predicted octanol–water partition coefficient (Wildman–Crippen LogP) is 9.87.